The third-order valence-corrected chi connectivity index (χ3v) is 3.70. The molecule has 0 aliphatic heterocycles. The van der Waals surface area contributed by atoms with E-state index in [4.69, 9.17) is 4.74 Å². The highest BCUT2D eigenvalue weighted by atomic mass is 127. The first-order valence-electron chi connectivity index (χ1n) is 8.63. The van der Waals surface area contributed by atoms with Crippen molar-refractivity contribution in [3.05, 3.63) is 53.7 Å². The summed E-state index contributed by atoms with van der Waals surface area (Å²) in [5, 5.41) is 6.33. The standard InChI is InChI=1S/C19H24F3N5O.HI/c1-23-18(25-12-15-5-4-6-17(26-15)27(2)3)24-11-14-7-9-16(10-8-14)28-13-19(20,21)22;/h4-10H,11-13H2,1-3H3,(H2,23,24,25);1H. The summed E-state index contributed by atoms with van der Waals surface area (Å²) in [6.45, 7) is -0.333. The van der Waals surface area contributed by atoms with Crippen molar-refractivity contribution in [2.45, 2.75) is 19.3 Å². The Morgan fingerprint density at radius 3 is 2.31 bits per heavy atom. The number of nitrogens with zero attached hydrogens (tertiary/aromatic N) is 3. The molecule has 1 aromatic heterocycles. The summed E-state index contributed by atoms with van der Waals surface area (Å²) in [6, 6.07) is 12.2. The molecule has 6 nitrogen and oxygen atoms in total. The van der Waals surface area contributed by atoms with Gasteiger partial charge in [0.25, 0.3) is 0 Å². The van der Waals surface area contributed by atoms with Gasteiger partial charge < -0.3 is 20.3 Å². The minimum Gasteiger partial charge on any atom is -0.484 e. The first-order chi connectivity index (χ1) is 13.3. The zero-order valence-corrected chi connectivity index (χ0v) is 18.8. The zero-order valence-electron chi connectivity index (χ0n) is 16.5. The Morgan fingerprint density at radius 2 is 1.72 bits per heavy atom. The van der Waals surface area contributed by atoms with Crippen LogP contribution >= 0.6 is 24.0 Å². The fraction of sp³-hybridized carbons (Fsp3) is 0.368. The molecule has 0 fully saturated rings. The van der Waals surface area contributed by atoms with E-state index in [2.05, 4.69) is 20.6 Å². The van der Waals surface area contributed by atoms with Crippen molar-refractivity contribution in [3.63, 3.8) is 0 Å². The quantitative estimate of drug-likeness (QED) is 0.330. The number of ether oxygens (including phenoxy) is 1. The average Bonchev–Trinajstić information content (AvgIpc) is 2.67. The number of aromatic nitrogens is 1. The number of alkyl halides is 3. The number of rotatable bonds is 7. The number of guanidine groups is 1. The van der Waals surface area contributed by atoms with Crippen LogP contribution in [0.15, 0.2) is 47.5 Å². The molecule has 160 valence electrons. The number of hydrogen-bond acceptors (Lipinski definition) is 4. The van der Waals surface area contributed by atoms with Gasteiger partial charge in [0.2, 0.25) is 0 Å². The Kier molecular flexibility index (Phi) is 9.99. The van der Waals surface area contributed by atoms with Crippen LogP contribution in [0.5, 0.6) is 5.75 Å². The van der Waals surface area contributed by atoms with Gasteiger partial charge in [0, 0.05) is 27.7 Å². The van der Waals surface area contributed by atoms with E-state index >= 15 is 0 Å². The molecule has 0 saturated heterocycles. The predicted octanol–water partition coefficient (Wildman–Crippen LogP) is 3.57. The number of benzene rings is 1. The molecule has 10 heteroatoms. The van der Waals surface area contributed by atoms with Crippen molar-refractivity contribution in [1.29, 1.82) is 0 Å². The van der Waals surface area contributed by atoms with Crippen molar-refractivity contribution < 1.29 is 17.9 Å². The summed E-state index contributed by atoms with van der Waals surface area (Å²) < 4.78 is 41.2. The molecular weight excluding hydrogens is 498 g/mol. The summed E-state index contributed by atoms with van der Waals surface area (Å²) in [5.74, 6) is 1.64. The SMILES string of the molecule is CN=C(NCc1ccc(OCC(F)(F)F)cc1)NCc1cccc(N(C)C)n1.I. The number of halogens is 4. The van der Waals surface area contributed by atoms with Gasteiger partial charge in [-0.2, -0.15) is 13.2 Å². The first-order valence-corrected chi connectivity index (χ1v) is 8.63. The molecule has 0 aliphatic carbocycles. The number of nitrogens with one attached hydrogen (secondary N) is 2. The second-order valence-corrected chi connectivity index (χ2v) is 6.21. The molecule has 1 aromatic carbocycles. The minimum atomic E-state index is -4.35. The van der Waals surface area contributed by atoms with E-state index in [1.54, 1.807) is 19.2 Å². The maximum Gasteiger partial charge on any atom is 0.422 e. The zero-order chi connectivity index (χ0) is 20.6. The molecule has 29 heavy (non-hydrogen) atoms. The van der Waals surface area contributed by atoms with Gasteiger partial charge in [0.15, 0.2) is 12.6 Å². The largest absolute Gasteiger partial charge is 0.484 e. The van der Waals surface area contributed by atoms with E-state index in [9.17, 15) is 13.2 Å². The molecule has 0 bridgehead atoms. The van der Waals surface area contributed by atoms with Gasteiger partial charge in [-0.1, -0.05) is 18.2 Å². The average molecular weight is 523 g/mol. The smallest absolute Gasteiger partial charge is 0.422 e. The number of aliphatic imine (C=N–C) groups is 1. The molecule has 1 heterocycles. The van der Waals surface area contributed by atoms with Gasteiger partial charge >= 0.3 is 6.18 Å². The maximum atomic E-state index is 12.2. The van der Waals surface area contributed by atoms with Crippen LogP contribution in [0.4, 0.5) is 19.0 Å². The molecule has 2 aromatic rings. The third kappa shape index (κ3) is 9.20. The van der Waals surface area contributed by atoms with E-state index in [-0.39, 0.29) is 29.7 Å². The molecule has 0 atom stereocenters. The van der Waals surface area contributed by atoms with Crippen LogP contribution in [-0.4, -0.2) is 44.9 Å². The first kappa shape index (κ1) is 24.8. The fourth-order valence-corrected chi connectivity index (χ4v) is 2.26. The van der Waals surface area contributed by atoms with E-state index in [0.717, 1.165) is 17.1 Å². The van der Waals surface area contributed by atoms with Gasteiger partial charge in [-0.25, -0.2) is 4.98 Å². The van der Waals surface area contributed by atoms with Crippen molar-refractivity contribution in [3.8, 4) is 5.75 Å². The molecule has 2 N–H and O–H groups in total. The van der Waals surface area contributed by atoms with Crippen molar-refractivity contribution in [1.82, 2.24) is 15.6 Å². The van der Waals surface area contributed by atoms with Crippen LogP contribution in [0, 0.1) is 0 Å². The van der Waals surface area contributed by atoms with Crippen LogP contribution in [0.25, 0.3) is 0 Å². The summed E-state index contributed by atoms with van der Waals surface area (Å²) in [5.41, 5.74) is 1.76. The second kappa shape index (κ2) is 11.7. The Bertz CT molecular complexity index is 782. The molecule has 0 radical (unpaired) electrons. The lowest BCUT2D eigenvalue weighted by molar-refractivity contribution is -0.153. The van der Waals surface area contributed by atoms with Gasteiger partial charge in [-0.3, -0.25) is 4.99 Å². The molecule has 0 unspecified atom stereocenters. The third-order valence-electron chi connectivity index (χ3n) is 3.70. The Hall–Kier alpha value is -2.24. The van der Waals surface area contributed by atoms with Gasteiger partial charge in [-0.05, 0) is 29.8 Å². The fourth-order valence-electron chi connectivity index (χ4n) is 2.26. The van der Waals surface area contributed by atoms with Gasteiger partial charge in [0.05, 0.1) is 12.2 Å². The Morgan fingerprint density at radius 1 is 1.07 bits per heavy atom. The number of hydrogen-bond donors (Lipinski definition) is 2. The number of pyridine rings is 1. The van der Waals surface area contributed by atoms with Crippen molar-refractivity contribution >= 4 is 35.8 Å². The number of anilines is 1. The lowest BCUT2D eigenvalue weighted by Crippen LogP contribution is -2.36. The van der Waals surface area contributed by atoms with Gasteiger partial charge in [-0.15, -0.1) is 24.0 Å². The molecule has 0 amide bonds. The van der Waals surface area contributed by atoms with Crippen LogP contribution in [0.1, 0.15) is 11.3 Å². The van der Waals surface area contributed by atoms with E-state index in [0.29, 0.717) is 19.0 Å². The lowest BCUT2D eigenvalue weighted by Gasteiger charge is -2.14. The summed E-state index contributed by atoms with van der Waals surface area (Å²) >= 11 is 0. The highest BCUT2D eigenvalue weighted by Gasteiger charge is 2.28. The van der Waals surface area contributed by atoms with Crippen LogP contribution < -0.4 is 20.3 Å². The van der Waals surface area contributed by atoms with Crippen LogP contribution in [-0.2, 0) is 13.1 Å². The highest BCUT2D eigenvalue weighted by molar-refractivity contribution is 14.0. The lowest BCUT2D eigenvalue weighted by atomic mass is 10.2. The van der Waals surface area contributed by atoms with E-state index in [1.165, 1.54) is 12.1 Å². The topological polar surface area (TPSA) is 61.8 Å². The summed E-state index contributed by atoms with van der Waals surface area (Å²) in [6.07, 6.45) is -4.35. The van der Waals surface area contributed by atoms with Crippen molar-refractivity contribution in [2.75, 3.05) is 32.6 Å². The van der Waals surface area contributed by atoms with E-state index in [1.807, 2.05) is 37.2 Å². The minimum absolute atomic E-state index is 0. The molecule has 0 saturated carbocycles. The highest BCUT2D eigenvalue weighted by Crippen LogP contribution is 2.18. The van der Waals surface area contributed by atoms with E-state index < -0.39 is 12.8 Å². The Labute approximate surface area is 185 Å². The molecular formula is C19H25F3IN5O. The summed E-state index contributed by atoms with van der Waals surface area (Å²) in [7, 11) is 5.52. The van der Waals surface area contributed by atoms with Crippen LogP contribution in [0.3, 0.4) is 0 Å². The molecule has 2 rings (SSSR count). The molecule has 0 aliphatic rings. The molecule has 0 spiro atoms. The second-order valence-electron chi connectivity index (χ2n) is 6.21. The van der Waals surface area contributed by atoms with Crippen LogP contribution in [0.2, 0.25) is 0 Å². The van der Waals surface area contributed by atoms with Crippen molar-refractivity contribution in [2.24, 2.45) is 4.99 Å². The monoisotopic (exact) mass is 523 g/mol. The summed E-state index contributed by atoms with van der Waals surface area (Å²) in [4.78, 5) is 10.6. The van der Waals surface area contributed by atoms with Gasteiger partial charge in [0.1, 0.15) is 11.6 Å². The predicted molar refractivity (Wildman–Crippen MR) is 119 cm³/mol. The maximum absolute atomic E-state index is 12.2. The normalized spacial score (nSPS) is 11.4. The Balaban J connectivity index is 0.00000420.